The van der Waals surface area contributed by atoms with E-state index in [-0.39, 0.29) is 12.2 Å². The predicted molar refractivity (Wildman–Crippen MR) is 48.2 cm³/mol. The molecule has 0 amide bonds. The van der Waals surface area contributed by atoms with Crippen molar-refractivity contribution in [3.8, 4) is 0 Å². The van der Waals surface area contributed by atoms with Crippen LogP contribution in [-0.4, -0.2) is 29.2 Å². The van der Waals surface area contributed by atoms with Crippen molar-refractivity contribution < 1.29 is 14.6 Å². The van der Waals surface area contributed by atoms with Gasteiger partial charge in [-0.3, -0.25) is 0 Å². The van der Waals surface area contributed by atoms with Crippen LogP contribution in [0.3, 0.4) is 0 Å². The second kappa shape index (κ2) is 2.80. The van der Waals surface area contributed by atoms with Gasteiger partial charge in [0, 0.05) is 0 Å². The summed E-state index contributed by atoms with van der Waals surface area (Å²) in [5, 5.41) is 9.68. The molecule has 13 heavy (non-hydrogen) atoms. The minimum atomic E-state index is -0.560. The number of aliphatic hydroxyl groups is 1. The van der Waals surface area contributed by atoms with Crippen molar-refractivity contribution in [1.82, 2.24) is 0 Å². The van der Waals surface area contributed by atoms with Crippen molar-refractivity contribution in [3.63, 3.8) is 0 Å². The standard InChI is InChI=1S/C10H16O3/c1-6-4-5-7(11)9-8(6)12-10(2,3)13-9/h4,7-9,11H,5H2,1-3H3/t7-,8-,9+/m1/s1. The van der Waals surface area contributed by atoms with Crippen molar-refractivity contribution in [2.45, 2.75) is 51.3 Å². The Morgan fingerprint density at radius 1 is 1.46 bits per heavy atom. The van der Waals surface area contributed by atoms with Crippen molar-refractivity contribution >= 4 is 0 Å². The van der Waals surface area contributed by atoms with Crippen LogP contribution in [0.4, 0.5) is 0 Å². The summed E-state index contributed by atoms with van der Waals surface area (Å²) < 4.78 is 11.3. The first-order valence-corrected chi connectivity index (χ1v) is 4.70. The molecule has 74 valence electrons. The number of fused-ring (bicyclic) bond motifs is 1. The van der Waals surface area contributed by atoms with Gasteiger partial charge in [0.25, 0.3) is 0 Å². The molecule has 3 heteroatoms. The molecule has 0 aromatic carbocycles. The fourth-order valence-electron chi connectivity index (χ4n) is 1.98. The van der Waals surface area contributed by atoms with E-state index >= 15 is 0 Å². The Morgan fingerprint density at radius 3 is 2.77 bits per heavy atom. The van der Waals surface area contributed by atoms with Crippen LogP contribution in [-0.2, 0) is 9.47 Å². The molecule has 2 aliphatic rings. The average molecular weight is 184 g/mol. The van der Waals surface area contributed by atoms with Gasteiger partial charge in [-0.05, 0) is 32.8 Å². The number of hydrogen-bond acceptors (Lipinski definition) is 3. The van der Waals surface area contributed by atoms with Gasteiger partial charge in [-0.25, -0.2) is 0 Å². The molecular weight excluding hydrogens is 168 g/mol. The lowest BCUT2D eigenvalue weighted by Gasteiger charge is -2.26. The zero-order valence-electron chi connectivity index (χ0n) is 8.28. The van der Waals surface area contributed by atoms with Crippen LogP contribution in [0.2, 0.25) is 0 Å². The number of hydrogen-bond donors (Lipinski definition) is 1. The predicted octanol–water partition coefficient (Wildman–Crippen LogP) is 1.22. The Balaban J connectivity index is 2.23. The summed E-state index contributed by atoms with van der Waals surface area (Å²) in [5.41, 5.74) is 1.17. The second-order valence-electron chi connectivity index (χ2n) is 4.27. The van der Waals surface area contributed by atoms with E-state index in [0.717, 1.165) is 0 Å². The van der Waals surface area contributed by atoms with E-state index in [2.05, 4.69) is 0 Å². The third-order valence-corrected chi connectivity index (χ3v) is 2.64. The largest absolute Gasteiger partial charge is 0.390 e. The third kappa shape index (κ3) is 1.52. The Hall–Kier alpha value is -0.380. The van der Waals surface area contributed by atoms with Crippen LogP contribution in [0.15, 0.2) is 11.6 Å². The summed E-state index contributed by atoms with van der Waals surface area (Å²) in [6, 6.07) is 0. The van der Waals surface area contributed by atoms with E-state index in [0.29, 0.717) is 6.42 Å². The zero-order valence-corrected chi connectivity index (χ0v) is 8.28. The van der Waals surface area contributed by atoms with E-state index in [1.807, 2.05) is 26.8 Å². The van der Waals surface area contributed by atoms with Crippen LogP contribution in [0.5, 0.6) is 0 Å². The highest BCUT2D eigenvalue weighted by molar-refractivity contribution is 5.16. The second-order valence-corrected chi connectivity index (χ2v) is 4.27. The van der Waals surface area contributed by atoms with Crippen LogP contribution >= 0.6 is 0 Å². The number of ether oxygens (including phenoxy) is 2. The van der Waals surface area contributed by atoms with E-state index in [4.69, 9.17) is 9.47 Å². The maximum absolute atomic E-state index is 9.68. The monoisotopic (exact) mass is 184 g/mol. The highest BCUT2D eigenvalue weighted by Gasteiger charge is 2.46. The highest BCUT2D eigenvalue weighted by atomic mass is 16.8. The minimum absolute atomic E-state index is 0.0567. The smallest absolute Gasteiger partial charge is 0.164 e. The average Bonchev–Trinajstić information content (AvgIpc) is 2.35. The Kier molecular flexibility index (Phi) is 1.98. The molecule has 1 aliphatic heterocycles. The summed E-state index contributed by atoms with van der Waals surface area (Å²) in [6.07, 6.45) is 2.04. The van der Waals surface area contributed by atoms with E-state index in [1.54, 1.807) is 0 Å². The van der Waals surface area contributed by atoms with Crippen molar-refractivity contribution in [2.24, 2.45) is 0 Å². The molecule has 2 rings (SSSR count). The Bertz CT molecular complexity index is 245. The lowest BCUT2D eigenvalue weighted by Crippen LogP contribution is -2.38. The van der Waals surface area contributed by atoms with E-state index in [1.165, 1.54) is 5.57 Å². The van der Waals surface area contributed by atoms with E-state index in [9.17, 15) is 5.11 Å². The van der Waals surface area contributed by atoms with Crippen LogP contribution < -0.4 is 0 Å². The molecule has 1 saturated heterocycles. The molecule has 0 unspecified atom stereocenters. The number of rotatable bonds is 0. The van der Waals surface area contributed by atoms with Crippen LogP contribution in [0.1, 0.15) is 27.2 Å². The van der Waals surface area contributed by atoms with Crippen LogP contribution in [0, 0.1) is 0 Å². The fraction of sp³-hybridized carbons (Fsp3) is 0.800. The first-order valence-electron chi connectivity index (χ1n) is 4.70. The lowest BCUT2D eigenvalue weighted by molar-refractivity contribution is -0.152. The van der Waals surface area contributed by atoms with Gasteiger partial charge < -0.3 is 14.6 Å². The molecule has 1 aliphatic carbocycles. The molecular formula is C10H16O3. The minimum Gasteiger partial charge on any atom is -0.390 e. The van der Waals surface area contributed by atoms with Gasteiger partial charge in [0.1, 0.15) is 12.2 Å². The van der Waals surface area contributed by atoms with Gasteiger partial charge in [0.05, 0.1) is 6.10 Å². The molecule has 1 heterocycles. The maximum Gasteiger partial charge on any atom is 0.164 e. The summed E-state index contributed by atoms with van der Waals surface area (Å²) in [6.45, 7) is 5.78. The normalized spacial score (nSPS) is 42.8. The molecule has 3 nitrogen and oxygen atoms in total. The van der Waals surface area contributed by atoms with Crippen molar-refractivity contribution in [1.29, 1.82) is 0 Å². The summed E-state index contributed by atoms with van der Waals surface area (Å²) in [4.78, 5) is 0. The van der Waals surface area contributed by atoms with Crippen LogP contribution in [0.25, 0.3) is 0 Å². The van der Waals surface area contributed by atoms with Gasteiger partial charge >= 0.3 is 0 Å². The molecule has 3 atom stereocenters. The SMILES string of the molecule is CC1=CC[C@@H](O)[C@@H]2OC(C)(C)O[C@H]12. The number of aliphatic hydroxyl groups excluding tert-OH is 1. The first kappa shape index (κ1) is 9.19. The topological polar surface area (TPSA) is 38.7 Å². The van der Waals surface area contributed by atoms with Gasteiger partial charge in [-0.1, -0.05) is 6.08 Å². The molecule has 0 aromatic heterocycles. The fourth-order valence-corrected chi connectivity index (χ4v) is 1.98. The highest BCUT2D eigenvalue weighted by Crippen LogP contribution is 2.36. The Labute approximate surface area is 78.3 Å². The molecule has 0 spiro atoms. The van der Waals surface area contributed by atoms with Gasteiger partial charge in [0.15, 0.2) is 5.79 Å². The van der Waals surface area contributed by atoms with Gasteiger partial charge in [-0.15, -0.1) is 0 Å². The van der Waals surface area contributed by atoms with E-state index < -0.39 is 11.9 Å². The lowest BCUT2D eigenvalue weighted by atomic mass is 9.93. The molecule has 0 saturated carbocycles. The van der Waals surface area contributed by atoms with Gasteiger partial charge in [-0.2, -0.15) is 0 Å². The van der Waals surface area contributed by atoms with Gasteiger partial charge in [0.2, 0.25) is 0 Å². The molecule has 1 fully saturated rings. The summed E-state index contributed by atoms with van der Waals surface area (Å²) in [5.74, 6) is -0.560. The molecule has 0 bridgehead atoms. The maximum atomic E-state index is 9.68. The Morgan fingerprint density at radius 2 is 2.15 bits per heavy atom. The molecule has 0 radical (unpaired) electrons. The van der Waals surface area contributed by atoms with Crippen molar-refractivity contribution in [3.05, 3.63) is 11.6 Å². The quantitative estimate of drug-likeness (QED) is 0.575. The zero-order chi connectivity index (χ0) is 9.64. The molecule has 0 aromatic rings. The summed E-state index contributed by atoms with van der Waals surface area (Å²) >= 11 is 0. The third-order valence-electron chi connectivity index (χ3n) is 2.64. The first-order chi connectivity index (χ1) is 5.99. The molecule has 1 N–H and O–H groups in total. The van der Waals surface area contributed by atoms with Crippen molar-refractivity contribution in [2.75, 3.05) is 0 Å². The summed E-state index contributed by atoms with van der Waals surface area (Å²) in [7, 11) is 0.